The van der Waals surface area contributed by atoms with E-state index in [1.54, 1.807) is 0 Å². The largest absolute Gasteiger partial charge is 0.328 e. The number of thiophene rings is 1. The summed E-state index contributed by atoms with van der Waals surface area (Å²) in [6, 6.07) is 3.02. The summed E-state index contributed by atoms with van der Waals surface area (Å²) in [5.41, 5.74) is 7.22. The van der Waals surface area contributed by atoms with E-state index in [-0.39, 0.29) is 0 Å². The lowest BCUT2D eigenvalue weighted by atomic mass is 10.0. The maximum absolute atomic E-state index is 5.82. The minimum absolute atomic E-state index is 0.299. The molecule has 86 valence electrons. The molecule has 0 aliphatic heterocycles. The Balaban J connectivity index is 2.71. The lowest BCUT2D eigenvalue weighted by molar-refractivity contribution is 0.278. The van der Waals surface area contributed by atoms with Gasteiger partial charge in [0.15, 0.2) is 0 Å². The fourth-order valence-electron chi connectivity index (χ4n) is 1.77. The summed E-state index contributed by atoms with van der Waals surface area (Å²) in [5, 5.41) is 2.17. The molecule has 1 aromatic rings. The molecule has 0 spiro atoms. The summed E-state index contributed by atoms with van der Waals surface area (Å²) in [6.07, 6.45) is 2.23. The smallest absolute Gasteiger partial charge is 0.0438 e. The molecule has 0 aliphatic rings. The van der Waals surface area contributed by atoms with Crippen molar-refractivity contribution in [1.82, 2.24) is 4.90 Å². The van der Waals surface area contributed by atoms with E-state index >= 15 is 0 Å². The molecule has 0 bridgehead atoms. The molecule has 1 rings (SSSR count). The van der Waals surface area contributed by atoms with E-state index in [2.05, 4.69) is 44.3 Å². The second-order valence-corrected chi connectivity index (χ2v) is 5.45. The average molecular weight is 226 g/mol. The molecule has 2 atom stereocenters. The van der Waals surface area contributed by atoms with Gasteiger partial charge in [-0.1, -0.05) is 0 Å². The third-order valence-corrected chi connectivity index (χ3v) is 3.84. The molecule has 15 heavy (non-hydrogen) atoms. The van der Waals surface area contributed by atoms with Crippen molar-refractivity contribution in [2.24, 2.45) is 5.73 Å². The van der Waals surface area contributed by atoms with Crippen molar-refractivity contribution in [1.29, 1.82) is 0 Å². The minimum atomic E-state index is 0.299. The Morgan fingerprint density at radius 2 is 2.07 bits per heavy atom. The van der Waals surface area contributed by atoms with Crippen LogP contribution >= 0.6 is 11.3 Å². The van der Waals surface area contributed by atoms with E-state index < -0.39 is 0 Å². The van der Waals surface area contributed by atoms with Gasteiger partial charge in [0.2, 0.25) is 0 Å². The number of aryl methyl sites for hydroxylation is 1. The number of nitrogens with two attached hydrogens (primary N) is 1. The fourth-order valence-corrected chi connectivity index (χ4v) is 2.93. The van der Waals surface area contributed by atoms with E-state index in [9.17, 15) is 0 Å². The lowest BCUT2D eigenvalue weighted by Gasteiger charge is -2.24. The number of hydrogen-bond acceptors (Lipinski definition) is 3. The van der Waals surface area contributed by atoms with E-state index in [4.69, 9.17) is 5.73 Å². The van der Waals surface area contributed by atoms with E-state index in [1.807, 2.05) is 11.3 Å². The molecule has 0 radical (unpaired) electrons. The van der Waals surface area contributed by atoms with Crippen LogP contribution in [0.15, 0.2) is 11.4 Å². The van der Waals surface area contributed by atoms with Crippen molar-refractivity contribution < 1.29 is 0 Å². The molecule has 1 heterocycles. The van der Waals surface area contributed by atoms with Gasteiger partial charge in [0.05, 0.1) is 0 Å². The molecule has 1 aromatic heterocycles. The molecule has 0 saturated carbocycles. The molecule has 0 aliphatic carbocycles. The van der Waals surface area contributed by atoms with Crippen molar-refractivity contribution in [3.8, 4) is 0 Å². The zero-order valence-electron chi connectivity index (χ0n) is 10.2. The zero-order valence-corrected chi connectivity index (χ0v) is 11.0. The first-order valence-electron chi connectivity index (χ1n) is 5.48. The second kappa shape index (κ2) is 5.64. The summed E-state index contributed by atoms with van der Waals surface area (Å²) >= 11 is 1.86. The van der Waals surface area contributed by atoms with Crippen LogP contribution in [0.25, 0.3) is 0 Å². The maximum Gasteiger partial charge on any atom is 0.0438 e. The van der Waals surface area contributed by atoms with Gasteiger partial charge in [0, 0.05) is 17.0 Å². The Bertz CT molecular complexity index is 292. The van der Waals surface area contributed by atoms with Crippen LogP contribution in [0.3, 0.4) is 0 Å². The zero-order chi connectivity index (χ0) is 11.4. The second-order valence-electron chi connectivity index (χ2n) is 4.50. The van der Waals surface area contributed by atoms with Crippen LogP contribution in [0.1, 0.15) is 36.2 Å². The first kappa shape index (κ1) is 12.7. The van der Waals surface area contributed by atoms with Crippen LogP contribution < -0.4 is 5.73 Å². The van der Waals surface area contributed by atoms with Gasteiger partial charge in [0.25, 0.3) is 0 Å². The lowest BCUT2D eigenvalue weighted by Crippen LogP contribution is -2.23. The van der Waals surface area contributed by atoms with Crippen molar-refractivity contribution in [2.45, 2.75) is 38.8 Å². The highest BCUT2D eigenvalue weighted by Crippen LogP contribution is 2.30. The molecule has 0 fully saturated rings. The first-order chi connectivity index (χ1) is 7.02. The predicted octanol–water partition coefficient (Wildman–Crippen LogP) is 2.79. The first-order valence-corrected chi connectivity index (χ1v) is 6.36. The summed E-state index contributed by atoms with van der Waals surface area (Å²) in [7, 11) is 4.29. The highest BCUT2D eigenvalue weighted by atomic mass is 32.1. The van der Waals surface area contributed by atoms with Crippen LogP contribution in [0.4, 0.5) is 0 Å². The third kappa shape index (κ3) is 3.59. The third-order valence-electron chi connectivity index (χ3n) is 2.72. The van der Waals surface area contributed by atoms with Crippen molar-refractivity contribution in [3.05, 3.63) is 21.9 Å². The topological polar surface area (TPSA) is 29.3 Å². The van der Waals surface area contributed by atoms with E-state index in [0.717, 1.165) is 12.8 Å². The van der Waals surface area contributed by atoms with Gasteiger partial charge >= 0.3 is 0 Å². The molecule has 2 N–H and O–H groups in total. The van der Waals surface area contributed by atoms with Crippen LogP contribution in [0, 0.1) is 6.92 Å². The van der Waals surface area contributed by atoms with E-state index in [0.29, 0.717) is 12.1 Å². The van der Waals surface area contributed by atoms with Gasteiger partial charge in [-0.15, -0.1) is 11.3 Å². The Kier molecular flexibility index (Phi) is 4.77. The van der Waals surface area contributed by atoms with Gasteiger partial charge in [-0.3, -0.25) is 0 Å². The van der Waals surface area contributed by atoms with Gasteiger partial charge in [-0.05, 0) is 57.8 Å². The molecule has 2 unspecified atom stereocenters. The van der Waals surface area contributed by atoms with Crippen LogP contribution in [-0.2, 0) is 0 Å². The molecule has 0 aromatic carbocycles. The number of hydrogen-bond donors (Lipinski definition) is 1. The van der Waals surface area contributed by atoms with Crippen LogP contribution in [0.5, 0.6) is 0 Å². The Labute approximate surface area is 97.1 Å². The summed E-state index contributed by atoms with van der Waals surface area (Å²) in [5.74, 6) is 0. The van der Waals surface area contributed by atoms with Crippen LogP contribution in [0.2, 0.25) is 0 Å². The molecular formula is C12H22N2S. The molecule has 0 saturated heterocycles. The normalized spacial score (nSPS) is 15.6. The Morgan fingerprint density at radius 1 is 1.40 bits per heavy atom. The molecule has 0 amide bonds. The van der Waals surface area contributed by atoms with Gasteiger partial charge in [-0.2, -0.15) is 0 Å². The molecular weight excluding hydrogens is 204 g/mol. The van der Waals surface area contributed by atoms with Crippen molar-refractivity contribution in [3.63, 3.8) is 0 Å². The van der Waals surface area contributed by atoms with Gasteiger partial charge < -0.3 is 10.6 Å². The fraction of sp³-hybridized carbons (Fsp3) is 0.667. The summed E-state index contributed by atoms with van der Waals surface area (Å²) in [4.78, 5) is 3.78. The van der Waals surface area contributed by atoms with E-state index in [1.165, 1.54) is 10.4 Å². The Hall–Kier alpha value is -0.380. The highest BCUT2D eigenvalue weighted by molar-refractivity contribution is 7.10. The van der Waals surface area contributed by atoms with Crippen molar-refractivity contribution in [2.75, 3.05) is 14.1 Å². The molecule has 3 heteroatoms. The summed E-state index contributed by atoms with van der Waals surface area (Å²) < 4.78 is 0. The number of nitrogens with zero attached hydrogens (tertiary/aromatic N) is 1. The summed E-state index contributed by atoms with van der Waals surface area (Å²) in [6.45, 7) is 4.27. The van der Waals surface area contributed by atoms with Gasteiger partial charge in [0.1, 0.15) is 0 Å². The minimum Gasteiger partial charge on any atom is -0.328 e. The molecule has 2 nitrogen and oxygen atoms in total. The standard InChI is InChI=1S/C12H22N2S/c1-9-7-8-15-12(9)11(14(3)4)6-5-10(2)13/h7-8,10-11H,5-6,13H2,1-4H3. The van der Waals surface area contributed by atoms with Gasteiger partial charge in [-0.25, -0.2) is 0 Å². The highest BCUT2D eigenvalue weighted by Gasteiger charge is 2.17. The average Bonchev–Trinajstić information content (AvgIpc) is 2.51. The monoisotopic (exact) mass is 226 g/mol. The quantitative estimate of drug-likeness (QED) is 0.836. The van der Waals surface area contributed by atoms with Crippen LogP contribution in [-0.4, -0.2) is 25.0 Å². The maximum atomic E-state index is 5.82. The van der Waals surface area contributed by atoms with Crippen molar-refractivity contribution >= 4 is 11.3 Å². The predicted molar refractivity (Wildman–Crippen MR) is 68.4 cm³/mol. The Morgan fingerprint density at radius 3 is 2.47 bits per heavy atom. The number of rotatable bonds is 5. The SMILES string of the molecule is Cc1ccsc1C(CCC(C)N)N(C)C.